The van der Waals surface area contributed by atoms with E-state index in [-0.39, 0.29) is 5.56 Å². The van der Waals surface area contributed by atoms with Gasteiger partial charge in [-0.1, -0.05) is 23.9 Å². The Bertz CT molecular complexity index is 990. The summed E-state index contributed by atoms with van der Waals surface area (Å²) in [7, 11) is 0. The smallest absolute Gasteiger partial charge is 0.258 e. The van der Waals surface area contributed by atoms with Gasteiger partial charge in [-0.15, -0.1) is 0 Å². The van der Waals surface area contributed by atoms with Crippen LogP contribution in [0.5, 0.6) is 0 Å². The van der Waals surface area contributed by atoms with E-state index in [0.29, 0.717) is 28.1 Å². The Morgan fingerprint density at radius 2 is 1.95 bits per heavy atom. The molecule has 0 amide bonds. The van der Waals surface area contributed by atoms with Crippen LogP contribution in [0.4, 0.5) is 0 Å². The van der Waals surface area contributed by atoms with Crippen LogP contribution < -0.4 is 5.56 Å². The van der Waals surface area contributed by atoms with E-state index < -0.39 is 0 Å². The van der Waals surface area contributed by atoms with Gasteiger partial charge in [0.1, 0.15) is 5.82 Å². The number of thioether (sulfide) groups is 1. The highest BCUT2D eigenvalue weighted by Gasteiger charge is 2.07. The Morgan fingerprint density at radius 1 is 1.05 bits per heavy atom. The molecule has 108 valence electrons. The topological polar surface area (TPSA) is 87.3 Å². The summed E-state index contributed by atoms with van der Waals surface area (Å²) in [5, 5.41) is 1.36. The number of pyridine rings is 1. The molecule has 6 nitrogen and oxygen atoms in total. The van der Waals surface area contributed by atoms with Crippen molar-refractivity contribution in [2.24, 2.45) is 0 Å². The summed E-state index contributed by atoms with van der Waals surface area (Å²) in [6.07, 6.45) is 1.71. The Morgan fingerprint density at radius 3 is 2.86 bits per heavy atom. The number of aromatic nitrogens is 5. The minimum absolute atomic E-state index is 0.118. The van der Waals surface area contributed by atoms with Crippen molar-refractivity contribution in [3.05, 3.63) is 58.8 Å². The van der Waals surface area contributed by atoms with Gasteiger partial charge in [0.25, 0.3) is 5.56 Å². The summed E-state index contributed by atoms with van der Waals surface area (Å²) in [6.45, 7) is 0. The van der Waals surface area contributed by atoms with Gasteiger partial charge in [-0.3, -0.25) is 4.79 Å². The zero-order valence-electron chi connectivity index (χ0n) is 11.4. The third-order valence-electron chi connectivity index (χ3n) is 3.24. The lowest BCUT2D eigenvalue weighted by Gasteiger charge is -2.01. The van der Waals surface area contributed by atoms with Gasteiger partial charge in [-0.2, -0.15) is 0 Å². The summed E-state index contributed by atoms with van der Waals surface area (Å²) in [6, 6.07) is 11.1. The SMILES string of the molecule is O=c1[nH]c(CSc2nc3ncccc3[nH]2)nc2ccccc12. The lowest BCUT2D eigenvalue weighted by molar-refractivity contribution is 1.02. The molecule has 0 aliphatic carbocycles. The van der Waals surface area contributed by atoms with Crippen molar-refractivity contribution >= 4 is 33.8 Å². The van der Waals surface area contributed by atoms with Crippen molar-refractivity contribution in [3.63, 3.8) is 0 Å². The molecule has 3 aromatic heterocycles. The molecule has 0 fully saturated rings. The monoisotopic (exact) mass is 309 g/mol. The largest absolute Gasteiger partial charge is 0.332 e. The van der Waals surface area contributed by atoms with Crippen molar-refractivity contribution in [1.29, 1.82) is 0 Å². The second-order valence-electron chi connectivity index (χ2n) is 4.73. The standard InChI is InChI=1S/C15H11N5OS/c21-14-9-4-1-2-5-10(9)17-12(19-14)8-22-15-18-11-6-3-7-16-13(11)20-15/h1-7H,8H2,(H,16,18,20)(H,17,19,21). The Kier molecular flexibility index (Phi) is 3.12. The molecule has 0 saturated carbocycles. The maximum Gasteiger partial charge on any atom is 0.258 e. The molecule has 0 bridgehead atoms. The molecule has 0 aliphatic heterocycles. The number of nitrogens with zero attached hydrogens (tertiary/aromatic N) is 3. The number of imidazole rings is 1. The molecule has 7 heteroatoms. The average Bonchev–Trinajstić information content (AvgIpc) is 2.96. The van der Waals surface area contributed by atoms with Crippen LogP contribution in [-0.2, 0) is 5.75 Å². The highest BCUT2D eigenvalue weighted by atomic mass is 32.2. The molecule has 4 aromatic rings. The number of rotatable bonds is 3. The average molecular weight is 309 g/mol. The first-order chi connectivity index (χ1) is 10.8. The van der Waals surface area contributed by atoms with Crippen molar-refractivity contribution < 1.29 is 0 Å². The van der Waals surface area contributed by atoms with E-state index in [0.717, 1.165) is 10.7 Å². The van der Waals surface area contributed by atoms with Crippen molar-refractivity contribution in [2.45, 2.75) is 10.9 Å². The first-order valence-electron chi connectivity index (χ1n) is 6.71. The quantitative estimate of drug-likeness (QED) is 0.568. The predicted molar refractivity (Wildman–Crippen MR) is 85.8 cm³/mol. The van der Waals surface area contributed by atoms with Crippen molar-refractivity contribution in [1.82, 2.24) is 24.9 Å². The fraction of sp³-hybridized carbons (Fsp3) is 0.0667. The van der Waals surface area contributed by atoms with Gasteiger partial charge < -0.3 is 9.97 Å². The lowest BCUT2D eigenvalue weighted by atomic mass is 10.2. The fourth-order valence-electron chi connectivity index (χ4n) is 2.23. The van der Waals surface area contributed by atoms with Crippen LogP contribution in [0.1, 0.15) is 5.82 Å². The minimum atomic E-state index is -0.118. The maximum atomic E-state index is 12.0. The van der Waals surface area contributed by atoms with Gasteiger partial charge >= 0.3 is 0 Å². The zero-order valence-corrected chi connectivity index (χ0v) is 12.2. The second-order valence-corrected chi connectivity index (χ2v) is 5.70. The number of para-hydroxylation sites is 1. The van der Waals surface area contributed by atoms with E-state index in [4.69, 9.17) is 0 Å². The highest BCUT2D eigenvalue weighted by molar-refractivity contribution is 7.98. The van der Waals surface area contributed by atoms with E-state index in [1.54, 1.807) is 12.3 Å². The summed E-state index contributed by atoms with van der Waals surface area (Å²) in [4.78, 5) is 31.1. The Hall–Kier alpha value is -2.67. The van der Waals surface area contributed by atoms with Crippen molar-refractivity contribution in [3.8, 4) is 0 Å². The molecular weight excluding hydrogens is 298 g/mol. The summed E-state index contributed by atoms with van der Waals surface area (Å²) in [5.41, 5.74) is 2.16. The van der Waals surface area contributed by atoms with E-state index in [1.165, 1.54) is 11.8 Å². The van der Waals surface area contributed by atoms with Crippen LogP contribution in [0.2, 0.25) is 0 Å². The Labute approximate surface area is 129 Å². The number of benzene rings is 1. The van der Waals surface area contributed by atoms with E-state index in [1.807, 2.05) is 30.3 Å². The maximum absolute atomic E-state index is 12.0. The third kappa shape index (κ3) is 2.35. The van der Waals surface area contributed by atoms with E-state index in [2.05, 4.69) is 24.9 Å². The molecule has 0 aliphatic rings. The highest BCUT2D eigenvalue weighted by Crippen LogP contribution is 2.20. The fourth-order valence-corrected chi connectivity index (χ4v) is 2.97. The van der Waals surface area contributed by atoms with Crippen molar-refractivity contribution in [2.75, 3.05) is 0 Å². The molecule has 22 heavy (non-hydrogen) atoms. The molecule has 2 N–H and O–H groups in total. The predicted octanol–water partition coefficient (Wildman–Crippen LogP) is 2.49. The van der Waals surface area contributed by atoms with Crippen LogP contribution in [0, 0.1) is 0 Å². The van der Waals surface area contributed by atoms with Crippen LogP contribution in [0.25, 0.3) is 22.1 Å². The number of fused-ring (bicyclic) bond motifs is 2. The zero-order chi connectivity index (χ0) is 14.9. The summed E-state index contributed by atoms with van der Waals surface area (Å²) in [5.74, 6) is 1.15. The lowest BCUT2D eigenvalue weighted by Crippen LogP contribution is -2.11. The number of aromatic amines is 2. The first kappa shape index (κ1) is 13.0. The number of nitrogens with one attached hydrogen (secondary N) is 2. The molecule has 0 saturated heterocycles. The minimum Gasteiger partial charge on any atom is -0.332 e. The molecule has 0 spiro atoms. The number of hydrogen-bond acceptors (Lipinski definition) is 5. The van der Waals surface area contributed by atoms with E-state index >= 15 is 0 Å². The van der Waals surface area contributed by atoms with Crippen LogP contribution in [0.15, 0.2) is 52.5 Å². The summed E-state index contributed by atoms with van der Waals surface area (Å²) >= 11 is 1.48. The van der Waals surface area contributed by atoms with Gasteiger partial charge in [-0.25, -0.2) is 15.0 Å². The van der Waals surface area contributed by atoms with Crippen LogP contribution in [-0.4, -0.2) is 24.9 Å². The molecule has 3 heterocycles. The molecule has 0 radical (unpaired) electrons. The molecule has 4 rings (SSSR count). The summed E-state index contributed by atoms with van der Waals surface area (Å²) < 4.78 is 0. The van der Waals surface area contributed by atoms with Gasteiger partial charge in [0, 0.05) is 6.20 Å². The van der Waals surface area contributed by atoms with Gasteiger partial charge in [0.15, 0.2) is 10.8 Å². The third-order valence-corrected chi connectivity index (χ3v) is 4.13. The number of H-pyrrole nitrogens is 2. The van der Waals surface area contributed by atoms with E-state index in [9.17, 15) is 4.79 Å². The molecule has 0 unspecified atom stereocenters. The molecule has 1 aromatic carbocycles. The number of hydrogen-bond donors (Lipinski definition) is 2. The van der Waals surface area contributed by atoms with Crippen LogP contribution in [0.3, 0.4) is 0 Å². The second kappa shape index (κ2) is 5.27. The normalized spacial score (nSPS) is 11.3. The van der Waals surface area contributed by atoms with Gasteiger partial charge in [0.2, 0.25) is 0 Å². The van der Waals surface area contributed by atoms with Crippen LogP contribution >= 0.6 is 11.8 Å². The van der Waals surface area contributed by atoms with Gasteiger partial charge in [0.05, 0.1) is 22.2 Å². The first-order valence-corrected chi connectivity index (χ1v) is 7.70. The molecular formula is C15H11N5OS. The Balaban J connectivity index is 1.62. The van der Waals surface area contributed by atoms with Gasteiger partial charge in [-0.05, 0) is 24.3 Å². The molecule has 0 atom stereocenters.